The van der Waals surface area contributed by atoms with Gasteiger partial charge in [0.15, 0.2) is 5.11 Å². The fourth-order valence-electron chi connectivity index (χ4n) is 2.49. The van der Waals surface area contributed by atoms with Crippen molar-refractivity contribution in [1.29, 1.82) is 0 Å². The van der Waals surface area contributed by atoms with Crippen molar-refractivity contribution >= 4 is 17.3 Å². The summed E-state index contributed by atoms with van der Waals surface area (Å²) in [6, 6.07) is 10.5. The maximum absolute atomic E-state index is 5.30. The first-order valence-electron chi connectivity index (χ1n) is 8.88. The molecule has 0 aliphatic heterocycles. The Labute approximate surface area is 142 Å². The van der Waals surface area contributed by atoms with E-state index in [0.29, 0.717) is 0 Å². The number of benzene rings is 1. The van der Waals surface area contributed by atoms with E-state index in [-0.39, 0.29) is 0 Å². The third kappa shape index (κ3) is 10.6. The summed E-state index contributed by atoms with van der Waals surface area (Å²) in [5, 5.41) is 7.37. The molecule has 1 rings (SSSR count). The Kier molecular flexibility index (Phi) is 11.7. The second-order valence-electron chi connectivity index (χ2n) is 5.89. The van der Waals surface area contributed by atoms with Crippen molar-refractivity contribution in [3.8, 4) is 0 Å². The summed E-state index contributed by atoms with van der Waals surface area (Å²) in [4.78, 5) is 0. The Balaban J connectivity index is 1.87. The third-order valence-corrected chi connectivity index (χ3v) is 4.15. The molecule has 3 heteroatoms. The topological polar surface area (TPSA) is 24.1 Å². The summed E-state index contributed by atoms with van der Waals surface area (Å²) in [5.41, 5.74) is 1.35. The molecule has 0 bridgehead atoms. The van der Waals surface area contributed by atoms with Gasteiger partial charge in [-0.3, -0.25) is 0 Å². The Hall–Kier alpha value is -1.09. The van der Waals surface area contributed by atoms with E-state index in [1.54, 1.807) is 0 Å². The second-order valence-corrected chi connectivity index (χ2v) is 6.30. The molecular weight excluding hydrogens is 288 g/mol. The summed E-state index contributed by atoms with van der Waals surface area (Å²) in [6.07, 6.45) is 11.8. The number of rotatable bonds is 12. The van der Waals surface area contributed by atoms with Crippen LogP contribution in [0.4, 0.5) is 0 Å². The van der Waals surface area contributed by atoms with Crippen molar-refractivity contribution in [3.63, 3.8) is 0 Å². The van der Waals surface area contributed by atoms with Gasteiger partial charge >= 0.3 is 0 Å². The van der Waals surface area contributed by atoms with Gasteiger partial charge in [-0.15, -0.1) is 0 Å². The third-order valence-electron chi connectivity index (χ3n) is 3.86. The van der Waals surface area contributed by atoms with Gasteiger partial charge in [0.1, 0.15) is 0 Å². The summed E-state index contributed by atoms with van der Waals surface area (Å²) in [5.74, 6) is 0. The minimum Gasteiger partial charge on any atom is -0.363 e. The molecule has 0 saturated carbocycles. The van der Waals surface area contributed by atoms with Crippen LogP contribution in [-0.2, 0) is 6.42 Å². The molecule has 0 radical (unpaired) electrons. The molecule has 1 aromatic carbocycles. The van der Waals surface area contributed by atoms with Crippen molar-refractivity contribution in [2.24, 2.45) is 0 Å². The van der Waals surface area contributed by atoms with E-state index in [1.165, 1.54) is 56.9 Å². The van der Waals surface area contributed by atoms with Crippen molar-refractivity contribution < 1.29 is 0 Å². The number of thiocarbonyl (C=S) groups is 1. The molecule has 2 N–H and O–H groups in total. The zero-order valence-corrected chi connectivity index (χ0v) is 14.9. The van der Waals surface area contributed by atoms with Crippen LogP contribution in [0.5, 0.6) is 0 Å². The van der Waals surface area contributed by atoms with Gasteiger partial charge in [-0.25, -0.2) is 0 Å². The SMILES string of the molecule is CCCCCCCCCCNC(=S)NCCc1ccccc1. The fourth-order valence-corrected chi connectivity index (χ4v) is 2.69. The number of hydrogen-bond acceptors (Lipinski definition) is 1. The zero-order chi connectivity index (χ0) is 15.9. The number of nitrogens with one attached hydrogen (secondary N) is 2. The zero-order valence-electron chi connectivity index (χ0n) is 14.1. The lowest BCUT2D eigenvalue weighted by molar-refractivity contribution is 0.572. The number of unbranched alkanes of at least 4 members (excludes halogenated alkanes) is 7. The maximum atomic E-state index is 5.30. The van der Waals surface area contributed by atoms with Crippen LogP contribution in [0.15, 0.2) is 30.3 Å². The quantitative estimate of drug-likeness (QED) is 0.426. The van der Waals surface area contributed by atoms with E-state index < -0.39 is 0 Å². The molecule has 22 heavy (non-hydrogen) atoms. The Morgan fingerprint density at radius 1 is 0.818 bits per heavy atom. The molecule has 0 fully saturated rings. The molecule has 124 valence electrons. The Bertz CT molecular complexity index is 378. The van der Waals surface area contributed by atoms with E-state index >= 15 is 0 Å². The highest BCUT2D eigenvalue weighted by molar-refractivity contribution is 7.80. The van der Waals surface area contributed by atoms with Crippen LogP contribution in [0.3, 0.4) is 0 Å². The predicted molar refractivity (Wildman–Crippen MR) is 101 cm³/mol. The summed E-state index contributed by atoms with van der Waals surface area (Å²) in [6.45, 7) is 4.15. The van der Waals surface area contributed by atoms with Gasteiger partial charge in [0.2, 0.25) is 0 Å². The van der Waals surface area contributed by atoms with Gasteiger partial charge in [-0.1, -0.05) is 82.2 Å². The van der Waals surface area contributed by atoms with Crippen LogP contribution in [-0.4, -0.2) is 18.2 Å². The molecule has 0 amide bonds. The molecule has 2 nitrogen and oxygen atoms in total. The van der Waals surface area contributed by atoms with Crippen LogP contribution >= 0.6 is 12.2 Å². The average Bonchev–Trinajstić information content (AvgIpc) is 2.54. The van der Waals surface area contributed by atoms with Gasteiger partial charge in [-0.2, -0.15) is 0 Å². The Morgan fingerprint density at radius 2 is 1.41 bits per heavy atom. The number of hydrogen-bond donors (Lipinski definition) is 2. The molecule has 0 heterocycles. The molecular formula is C19H32N2S. The lowest BCUT2D eigenvalue weighted by Crippen LogP contribution is -2.36. The van der Waals surface area contributed by atoms with E-state index in [2.05, 4.69) is 41.8 Å². The predicted octanol–water partition coefficient (Wildman–Crippen LogP) is 4.83. The molecule has 0 atom stereocenters. The van der Waals surface area contributed by atoms with Gasteiger partial charge in [-0.05, 0) is 30.6 Å². The summed E-state index contributed by atoms with van der Waals surface area (Å²) < 4.78 is 0. The molecule has 0 aliphatic rings. The van der Waals surface area contributed by atoms with Crippen LogP contribution in [0.1, 0.15) is 63.9 Å². The molecule has 0 spiro atoms. The highest BCUT2D eigenvalue weighted by atomic mass is 32.1. The summed E-state index contributed by atoms with van der Waals surface area (Å²) in [7, 11) is 0. The van der Waals surface area contributed by atoms with Crippen LogP contribution in [0, 0.1) is 0 Å². The first-order chi connectivity index (χ1) is 10.8. The molecule has 0 aromatic heterocycles. The highest BCUT2D eigenvalue weighted by Crippen LogP contribution is 2.07. The molecule has 0 saturated heterocycles. The van der Waals surface area contributed by atoms with E-state index in [0.717, 1.165) is 24.6 Å². The van der Waals surface area contributed by atoms with Gasteiger partial charge in [0.25, 0.3) is 0 Å². The maximum Gasteiger partial charge on any atom is 0.166 e. The minimum absolute atomic E-state index is 0.791. The van der Waals surface area contributed by atoms with Gasteiger partial charge in [0, 0.05) is 13.1 Å². The average molecular weight is 321 g/mol. The van der Waals surface area contributed by atoms with E-state index in [4.69, 9.17) is 12.2 Å². The second kappa shape index (κ2) is 13.6. The smallest absolute Gasteiger partial charge is 0.166 e. The minimum atomic E-state index is 0.791. The van der Waals surface area contributed by atoms with Crippen molar-refractivity contribution in [2.45, 2.75) is 64.7 Å². The summed E-state index contributed by atoms with van der Waals surface area (Å²) >= 11 is 5.30. The molecule has 1 aromatic rings. The first kappa shape index (κ1) is 19.0. The van der Waals surface area contributed by atoms with E-state index in [1.807, 2.05) is 6.07 Å². The molecule has 0 unspecified atom stereocenters. The lowest BCUT2D eigenvalue weighted by atomic mass is 10.1. The molecule has 0 aliphatic carbocycles. The van der Waals surface area contributed by atoms with Crippen LogP contribution < -0.4 is 10.6 Å². The van der Waals surface area contributed by atoms with E-state index in [9.17, 15) is 0 Å². The van der Waals surface area contributed by atoms with Crippen LogP contribution in [0.25, 0.3) is 0 Å². The highest BCUT2D eigenvalue weighted by Gasteiger charge is 1.96. The Morgan fingerprint density at radius 3 is 2.09 bits per heavy atom. The van der Waals surface area contributed by atoms with Crippen molar-refractivity contribution in [2.75, 3.05) is 13.1 Å². The fraction of sp³-hybridized carbons (Fsp3) is 0.632. The monoisotopic (exact) mass is 320 g/mol. The first-order valence-corrected chi connectivity index (χ1v) is 9.29. The van der Waals surface area contributed by atoms with Crippen molar-refractivity contribution in [3.05, 3.63) is 35.9 Å². The largest absolute Gasteiger partial charge is 0.363 e. The van der Waals surface area contributed by atoms with Crippen molar-refractivity contribution in [1.82, 2.24) is 10.6 Å². The standard InChI is InChI=1S/C19H32N2S/c1-2-3-4-5-6-7-8-12-16-20-19(22)21-17-15-18-13-10-9-11-14-18/h9-11,13-14H,2-8,12,15-17H2,1H3,(H2,20,21,22). The van der Waals surface area contributed by atoms with Crippen LogP contribution in [0.2, 0.25) is 0 Å². The normalized spacial score (nSPS) is 10.4. The van der Waals surface area contributed by atoms with Gasteiger partial charge < -0.3 is 10.6 Å². The van der Waals surface area contributed by atoms with Gasteiger partial charge in [0.05, 0.1) is 0 Å². The lowest BCUT2D eigenvalue weighted by Gasteiger charge is -2.10.